The van der Waals surface area contributed by atoms with E-state index in [-0.39, 0.29) is 18.5 Å². The van der Waals surface area contributed by atoms with Gasteiger partial charge < -0.3 is 10.2 Å². The Labute approximate surface area is 166 Å². The number of carbonyl (C=O) groups is 1. The van der Waals surface area contributed by atoms with Gasteiger partial charge in [0.05, 0.1) is 12.6 Å². The third-order valence-corrected chi connectivity index (χ3v) is 5.73. The van der Waals surface area contributed by atoms with E-state index >= 15 is 0 Å². The van der Waals surface area contributed by atoms with E-state index in [9.17, 15) is 4.79 Å². The van der Waals surface area contributed by atoms with Crippen molar-refractivity contribution in [3.63, 3.8) is 0 Å². The molecule has 2 aromatic carbocycles. The SMILES string of the molecule is N#C[C@@H]1CCCN1C(=O)CNCC=C1c2ccccc2CCc2ccccc21. The summed E-state index contributed by atoms with van der Waals surface area (Å²) < 4.78 is 0. The molecule has 2 aliphatic rings. The molecule has 1 aliphatic heterocycles. The summed E-state index contributed by atoms with van der Waals surface area (Å²) in [6, 6.07) is 19.2. The van der Waals surface area contributed by atoms with Crippen molar-refractivity contribution >= 4 is 11.5 Å². The van der Waals surface area contributed by atoms with Gasteiger partial charge in [-0.15, -0.1) is 0 Å². The van der Waals surface area contributed by atoms with Gasteiger partial charge in [0.1, 0.15) is 6.04 Å². The Kier molecular flexibility index (Phi) is 5.55. The molecule has 142 valence electrons. The van der Waals surface area contributed by atoms with Crippen molar-refractivity contribution in [2.75, 3.05) is 19.6 Å². The van der Waals surface area contributed by atoms with Gasteiger partial charge in [0.2, 0.25) is 5.91 Å². The number of nitrogens with zero attached hydrogens (tertiary/aromatic N) is 2. The second-order valence-corrected chi connectivity index (χ2v) is 7.44. The number of rotatable bonds is 4. The van der Waals surface area contributed by atoms with Crippen molar-refractivity contribution in [2.45, 2.75) is 31.7 Å². The van der Waals surface area contributed by atoms with Crippen LogP contribution in [0.3, 0.4) is 0 Å². The van der Waals surface area contributed by atoms with Crippen LogP contribution in [0.15, 0.2) is 54.6 Å². The molecule has 4 rings (SSSR count). The highest BCUT2D eigenvalue weighted by molar-refractivity contribution is 5.84. The number of hydrogen-bond acceptors (Lipinski definition) is 3. The van der Waals surface area contributed by atoms with E-state index in [2.05, 4.69) is 66.0 Å². The molecule has 0 aromatic heterocycles. The number of carbonyl (C=O) groups excluding carboxylic acids is 1. The minimum Gasteiger partial charge on any atom is -0.326 e. The van der Waals surface area contributed by atoms with Crippen LogP contribution < -0.4 is 5.32 Å². The number of nitrogens with one attached hydrogen (secondary N) is 1. The Morgan fingerprint density at radius 3 is 2.39 bits per heavy atom. The van der Waals surface area contributed by atoms with Crippen molar-refractivity contribution in [2.24, 2.45) is 0 Å². The highest BCUT2D eigenvalue weighted by atomic mass is 16.2. The van der Waals surface area contributed by atoms with Crippen LogP contribution in [0.25, 0.3) is 5.57 Å². The summed E-state index contributed by atoms with van der Waals surface area (Å²) in [5.74, 6) is 0.0177. The van der Waals surface area contributed by atoms with Crippen molar-refractivity contribution in [1.29, 1.82) is 5.26 Å². The van der Waals surface area contributed by atoms with Gasteiger partial charge in [-0.05, 0) is 53.5 Å². The predicted octanol–water partition coefficient (Wildman–Crippen LogP) is 3.32. The fourth-order valence-electron chi connectivity index (χ4n) is 4.29. The number of nitriles is 1. The second kappa shape index (κ2) is 8.41. The molecule has 1 aliphatic carbocycles. The minimum absolute atomic E-state index is 0.0177. The lowest BCUT2D eigenvalue weighted by Crippen LogP contribution is -2.40. The maximum atomic E-state index is 12.4. The monoisotopic (exact) mass is 371 g/mol. The van der Waals surface area contributed by atoms with Gasteiger partial charge in [-0.25, -0.2) is 0 Å². The lowest BCUT2D eigenvalue weighted by atomic mass is 9.94. The van der Waals surface area contributed by atoms with Gasteiger partial charge in [0, 0.05) is 13.1 Å². The van der Waals surface area contributed by atoms with Crippen molar-refractivity contribution in [1.82, 2.24) is 10.2 Å². The Bertz CT molecular complexity index is 891. The number of hydrogen-bond donors (Lipinski definition) is 1. The molecule has 4 heteroatoms. The molecule has 0 spiro atoms. The smallest absolute Gasteiger partial charge is 0.237 e. The highest BCUT2D eigenvalue weighted by Crippen LogP contribution is 2.33. The van der Waals surface area contributed by atoms with Gasteiger partial charge in [-0.1, -0.05) is 54.6 Å². The van der Waals surface area contributed by atoms with Gasteiger partial charge in [0.25, 0.3) is 0 Å². The number of likely N-dealkylation sites (tertiary alicyclic amines) is 1. The average molecular weight is 371 g/mol. The lowest BCUT2D eigenvalue weighted by molar-refractivity contribution is -0.130. The van der Waals surface area contributed by atoms with Crippen LogP contribution in [0.2, 0.25) is 0 Å². The van der Waals surface area contributed by atoms with Crippen LogP contribution in [-0.4, -0.2) is 36.5 Å². The summed E-state index contributed by atoms with van der Waals surface area (Å²) in [6.07, 6.45) is 5.99. The number of amides is 1. The zero-order valence-corrected chi connectivity index (χ0v) is 16.0. The summed E-state index contributed by atoms with van der Waals surface area (Å²) in [6.45, 7) is 1.58. The van der Waals surface area contributed by atoms with Gasteiger partial charge >= 0.3 is 0 Å². The van der Waals surface area contributed by atoms with Crippen molar-refractivity contribution in [3.05, 3.63) is 76.9 Å². The van der Waals surface area contributed by atoms with Gasteiger partial charge in [-0.2, -0.15) is 5.26 Å². The first kappa shape index (κ1) is 18.5. The molecule has 1 saturated heterocycles. The molecule has 0 bridgehead atoms. The second-order valence-electron chi connectivity index (χ2n) is 7.44. The summed E-state index contributed by atoms with van der Waals surface area (Å²) in [4.78, 5) is 14.1. The van der Waals surface area contributed by atoms with E-state index in [4.69, 9.17) is 5.26 Å². The van der Waals surface area contributed by atoms with E-state index in [1.165, 1.54) is 27.8 Å². The largest absolute Gasteiger partial charge is 0.326 e. The zero-order chi connectivity index (χ0) is 19.3. The third kappa shape index (κ3) is 3.72. The Hall–Kier alpha value is -2.90. The fourth-order valence-corrected chi connectivity index (χ4v) is 4.29. The van der Waals surface area contributed by atoms with Crippen LogP contribution in [0.1, 0.15) is 35.1 Å². The molecule has 28 heavy (non-hydrogen) atoms. The maximum Gasteiger partial charge on any atom is 0.237 e. The van der Waals surface area contributed by atoms with Crippen LogP contribution in [0.4, 0.5) is 0 Å². The van der Waals surface area contributed by atoms with Crippen molar-refractivity contribution < 1.29 is 4.79 Å². The number of benzene rings is 2. The van der Waals surface area contributed by atoms with E-state index in [1.54, 1.807) is 4.90 Å². The van der Waals surface area contributed by atoms with Gasteiger partial charge in [-0.3, -0.25) is 4.79 Å². The van der Waals surface area contributed by atoms with E-state index in [1.807, 2.05) is 0 Å². The van der Waals surface area contributed by atoms with Gasteiger partial charge in [0.15, 0.2) is 0 Å². The summed E-state index contributed by atoms with van der Waals surface area (Å²) in [7, 11) is 0. The first-order chi connectivity index (χ1) is 13.8. The summed E-state index contributed by atoms with van der Waals surface area (Å²) in [5.41, 5.74) is 6.54. The first-order valence-corrected chi connectivity index (χ1v) is 10.0. The molecule has 0 unspecified atom stereocenters. The van der Waals surface area contributed by atoms with Crippen LogP contribution in [-0.2, 0) is 17.6 Å². The zero-order valence-electron chi connectivity index (χ0n) is 16.0. The molecule has 1 amide bonds. The highest BCUT2D eigenvalue weighted by Gasteiger charge is 2.27. The van der Waals surface area contributed by atoms with E-state index in [0.717, 1.165) is 25.7 Å². The molecule has 1 fully saturated rings. The lowest BCUT2D eigenvalue weighted by Gasteiger charge is -2.19. The molecule has 2 aromatic rings. The summed E-state index contributed by atoms with van der Waals surface area (Å²) >= 11 is 0. The quantitative estimate of drug-likeness (QED) is 0.839. The van der Waals surface area contributed by atoms with Crippen molar-refractivity contribution in [3.8, 4) is 6.07 Å². The fraction of sp³-hybridized carbons (Fsp3) is 0.333. The third-order valence-electron chi connectivity index (χ3n) is 5.73. The summed E-state index contributed by atoms with van der Waals surface area (Å²) in [5, 5.41) is 12.4. The Balaban J connectivity index is 1.50. The topological polar surface area (TPSA) is 56.1 Å². The normalized spacial score (nSPS) is 18.0. The molecule has 1 atom stereocenters. The molecule has 4 nitrogen and oxygen atoms in total. The Morgan fingerprint density at radius 2 is 1.75 bits per heavy atom. The molecule has 0 saturated carbocycles. The molecular formula is C24H25N3O. The van der Waals surface area contributed by atoms with Crippen LogP contribution in [0.5, 0.6) is 0 Å². The predicted molar refractivity (Wildman–Crippen MR) is 111 cm³/mol. The van der Waals surface area contributed by atoms with E-state index < -0.39 is 0 Å². The maximum absolute atomic E-state index is 12.4. The number of fused-ring (bicyclic) bond motifs is 2. The first-order valence-electron chi connectivity index (χ1n) is 10.0. The minimum atomic E-state index is -0.256. The average Bonchev–Trinajstić information content (AvgIpc) is 3.16. The van der Waals surface area contributed by atoms with Crippen LogP contribution >= 0.6 is 0 Å². The standard InChI is InChI=1S/C24H25N3O/c25-16-20-8-5-15-27(20)24(28)17-26-14-13-23-21-9-3-1-6-18(21)11-12-19-7-2-4-10-22(19)23/h1-4,6-7,9-10,13,20,26H,5,8,11-12,14-15,17H2/t20-/m0/s1. The van der Waals surface area contributed by atoms with Crippen LogP contribution in [0, 0.1) is 11.3 Å². The molecule has 1 heterocycles. The molecule has 1 N–H and O–H groups in total. The Morgan fingerprint density at radius 1 is 1.11 bits per heavy atom. The van der Waals surface area contributed by atoms with E-state index in [0.29, 0.717) is 13.1 Å². The number of aryl methyl sites for hydroxylation is 2. The molecular weight excluding hydrogens is 346 g/mol. The molecule has 0 radical (unpaired) electrons.